The number of nitrogens with zero attached hydrogens (tertiary/aromatic N) is 8. The molecule has 0 spiro atoms. The number of ether oxygens (including phenoxy) is 1. The molecule has 0 aliphatic carbocycles. The van der Waals surface area contributed by atoms with Crippen LogP contribution in [-0.2, 0) is 48.1 Å². The molecular weight excluding hydrogens is 1360 g/mol. The molecule has 0 bridgehead atoms. The number of imidazole rings is 1. The molecular formula is C95H124N10O5. The normalized spacial score (nSPS) is 12.2. The number of aliphatic hydroxyl groups excluding tert-OH is 1. The number of esters is 1. The van der Waals surface area contributed by atoms with Gasteiger partial charge in [0, 0.05) is 87.2 Å². The fourth-order valence-electron chi connectivity index (χ4n) is 11.9. The summed E-state index contributed by atoms with van der Waals surface area (Å²) in [7, 11) is 1.40. The maximum atomic E-state index is 11.4. The van der Waals surface area contributed by atoms with Crippen LogP contribution in [0.25, 0.3) is 49.1 Å². The first-order valence-corrected chi connectivity index (χ1v) is 38.0. The van der Waals surface area contributed by atoms with Gasteiger partial charge in [0.25, 0.3) is 0 Å². The lowest BCUT2D eigenvalue weighted by atomic mass is 9.83. The molecule has 15 nitrogen and oxygen atoms in total. The van der Waals surface area contributed by atoms with Crippen molar-refractivity contribution in [3.63, 3.8) is 0 Å². The fourth-order valence-corrected chi connectivity index (χ4v) is 11.9. The van der Waals surface area contributed by atoms with Crippen molar-refractivity contribution in [1.29, 1.82) is 0 Å². The van der Waals surface area contributed by atoms with E-state index < -0.39 is 12.1 Å². The first-order valence-electron chi connectivity index (χ1n) is 38.0. The van der Waals surface area contributed by atoms with Crippen molar-refractivity contribution >= 4 is 61.1 Å². The molecule has 0 aliphatic heterocycles. The number of benzene rings is 5. The van der Waals surface area contributed by atoms with Crippen LogP contribution >= 0.6 is 0 Å². The summed E-state index contributed by atoms with van der Waals surface area (Å²) >= 11 is 0. The topological polar surface area (TPSA) is 210 Å². The molecule has 1 unspecified atom stereocenters. The van der Waals surface area contributed by atoms with Gasteiger partial charge in [-0.2, -0.15) is 10.2 Å². The number of fused-ring (bicyclic) bond motifs is 5. The Morgan fingerprint density at radius 3 is 1.61 bits per heavy atom. The molecule has 8 heterocycles. The Labute approximate surface area is 655 Å². The van der Waals surface area contributed by atoms with Crippen molar-refractivity contribution in [3.8, 4) is 0 Å². The zero-order chi connectivity index (χ0) is 82.3. The summed E-state index contributed by atoms with van der Waals surface area (Å²) in [6.45, 7) is 59.9. The van der Waals surface area contributed by atoms with E-state index in [1.807, 2.05) is 104 Å². The molecule has 0 saturated carbocycles. The van der Waals surface area contributed by atoms with Gasteiger partial charge in [-0.3, -0.25) is 25.0 Å². The SMILES string of the molecule is CC(C)(C)c1cc(C(=O)O)c2cc[nH]c2c1.CC(C)(C)c1cccc2ncccc12.CC(C)(C)c1cnc2cccnn12.CC(C)(C)c1cncc2ccccc12.CC(O)c1ccc(C(C)(C)C)cn1.COC(=O)c1ccc(C)c(C(C)(C)C)c1.Cc1[nH]nc2cc(C(C)(C)C)ccc12.Cc1ccc(C(C)(C)C)cn1. The number of aliphatic hydroxyl groups is 1. The Balaban J connectivity index is 0.000000197. The van der Waals surface area contributed by atoms with E-state index >= 15 is 0 Å². The number of methoxy groups -OCH3 is 1. The van der Waals surface area contributed by atoms with Crippen molar-refractivity contribution in [2.45, 2.75) is 243 Å². The smallest absolute Gasteiger partial charge is 0.337 e. The van der Waals surface area contributed by atoms with Crippen molar-refractivity contribution in [2.24, 2.45) is 0 Å². The monoisotopic (exact) mass is 1480 g/mol. The van der Waals surface area contributed by atoms with Crippen LogP contribution in [0.1, 0.15) is 267 Å². The second-order valence-corrected chi connectivity index (χ2v) is 36.4. The Bertz CT molecular complexity index is 5040. The molecule has 0 aliphatic rings. The lowest BCUT2D eigenvalue weighted by molar-refractivity contribution is 0.0599. The molecule has 0 fully saturated rings. The number of hydrogen-bond donors (Lipinski definition) is 4. The maximum absolute atomic E-state index is 11.4. The van der Waals surface area contributed by atoms with E-state index in [2.05, 4.69) is 297 Å². The molecule has 5 aromatic carbocycles. The molecule has 0 saturated heterocycles. The minimum absolute atomic E-state index is 0.0497. The van der Waals surface area contributed by atoms with E-state index in [1.54, 1.807) is 37.5 Å². The molecule has 1 atom stereocenters. The number of carboxylic acid groups (broad SMARTS) is 1. The van der Waals surface area contributed by atoms with Gasteiger partial charge in [0.15, 0.2) is 5.65 Å². The number of nitrogens with one attached hydrogen (secondary N) is 2. The fraction of sp³-hybridized carbons (Fsp3) is 0.400. The van der Waals surface area contributed by atoms with Crippen molar-refractivity contribution in [2.75, 3.05) is 7.11 Å². The summed E-state index contributed by atoms with van der Waals surface area (Å²) in [5.41, 5.74) is 19.9. The molecule has 0 radical (unpaired) electrons. The quantitative estimate of drug-likeness (QED) is 0.122. The Kier molecular flexibility index (Phi) is 29.4. The zero-order valence-electron chi connectivity index (χ0n) is 71.2. The van der Waals surface area contributed by atoms with Crippen LogP contribution in [0, 0.1) is 20.8 Å². The molecule has 4 N–H and O–H groups in total. The maximum Gasteiger partial charge on any atom is 0.337 e. The van der Waals surface area contributed by atoms with Crippen LogP contribution < -0.4 is 0 Å². The third-order valence-corrected chi connectivity index (χ3v) is 18.7. The third kappa shape index (κ3) is 25.1. The minimum atomic E-state index is -0.879. The molecule has 0 amide bonds. The summed E-state index contributed by atoms with van der Waals surface area (Å²) in [5.74, 6) is -1.16. The highest BCUT2D eigenvalue weighted by atomic mass is 16.5. The standard InChI is InChI=1S/C13H15NO2.2C13H15N.C13H18O2.C12H16N2.C11H17NO.C10H13N3.C10H15N/c1-13(2,3)8-6-10(12(15)16)9-4-5-14-11(9)7-8;1-13(2,3)11-7-4-8-12-10(11)6-5-9-14-12;1-13(2,3)12-9-14-8-10-6-4-5-7-11(10)12;1-9-6-7-10(12(14)15-5)8-11(9)13(2,3)4;1-8-10-6-5-9(12(2,3)4)7-11(10)14-13-8;1-8(13)10-6-5-9(7-12-10)11(2,3)4;1-10(2,3)8-7-11-9-5-4-6-12-13(8)9;1-8-5-6-9(7-11-8)10(2,3)4/h4-7,14H,1-3H3,(H,15,16);2*4-9H,1-3H3;6-8H,1-5H3;5-7H,1-4H3,(H,13,14);5-8,13H,1-4H3;4-7H,1-3H3;5-7H,1-4H3. The Morgan fingerprint density at radius 1 is 0.464 bits per heavy atom. The van der Waals surface area contributed by atoms with Crippen molar-refractivity contribution in [1.82, 2.24) is 49.7 Å². The van der Waals surface area contributed by atoms with Crippen LogP contribution in [0.4, 0.5) is 0 Å². The second kappa shape index (κ2) is 36.5. The Hall–Kier alpha value is -10.3. The molecule has 13 rings (SSSR count). The van der Waals surface area contributed by atoms with Gasteiger partial charge in [0.1, 0.15) is 0 Å². The van der Waals surface area contributed by atoms with Crippen LogP contribution in [-0.4, -0.2) is 79.0 Å². The number of aromatic carboxylic acids is 1. The highest BCUT2D eigenvalue weighted by Gasteiger charge is 2.24. The number of pyridine rings is 4. The van der Waals surface area contributed by atoms with Crippen LogP contribution in [0.3, 0.4) is 0 Å². The average Bonchev–Trinajstić information content (AvgIpc) is 1.36. The predicted molar refractivity (Wildman–Crippen MR) is 459 cm³/mol. The average molecular weight is 1490 g/mol. The first kappa shape index (κ1) is 88.7. The van der Waals surface area contributed by atoms with Crippen LogP contribution in [0.5, 0.6) is 0 Å². The first-order chi connectivity index (χ1) is 50.9. The number of carbonyl (C=O) groups excluding carboxylic acids is 1. The van der Waals surface area contributed by atoms with Crippen LogP contribution in [0.2, 0.25) is 0 Å². The molecule has 13 aromatic rings. The number of rotatable bonds is 3. The highest BCUT2D eigenvalue weighted by Crippen LogP contribution is 2.34. The van der Waals surface area contributed by atoms with Gasteiger partial charge in [-0.05, 0) is 188 Å². The molecule has 110 heavy (non-hydrogen) atoms. The van der Waals surface area contributed by atoms with Gasteiger partial charge in [0.05, 0.1) is 53.0 Å². The molecule has 15 heteroatoms. The lowest BCUT2D eigenvalue weighted by Gasteiger charge is -2.22. The number of aryl methyl sites for hydroxylation is 3. The molecule has 584 valence electrons. The van der Waals surface area contributed by atoms with Gasteiger partial charge in [-0.25, -0.2) is 19.1 Å². The van der Waals surface area contributed by atoms with E-state index in [4.69, 9.17) is 4.74 Å². The van der Waals surface area contributed by atoms with Crippen molar-refractivity contribution in [3.05, 3.63) is 274 Å². The number of aromatic nitrogens is 10. The molecule has 8 aromatic heterocycles. The van der Waals surface area contributed by atoms with Gasteiger partial charge >= 0.3 is 11.9 Å². The van der Waals surface area contributed by atoms with Gasteiger partial charge in [-0.1, -0.05) is 239 Å². The predicted octanol–water partition coefficient (Wildman–Crippen LogP) is 23.6. The van der Waals surface area contributed by atoms with Gasteiger partial charge in [0.2, 0.25) is 0 Å². The lowest BCUT2D eigenvalue weighted by Crippen LogP contribution is -2.15. The van der Waals surface area contributed by atoms with E-state index in [0.29, 0.717) is 11.1 Å². The van der Waals surface area contributed by atoms with E-state index in [0.717, 1.165) is 55.9 Å². The van der Waals surface area contributed by atoms with E-state index in [9.17, 15) is 19.8 Å². The van der Waals surface area contributed by atoms with Gasteiger partial charge < -0.3 is 19.9 Å². The third-order valence-electron chi connectivity index (χ3n) is 18.7. The number of carbonyl (C=O) groups is 2. The highest BCUT2D eigenvalue weighted by molar-refractivity contribution is 6.03. The second-order valence-electron chi connectivity index (χ2n) is 36.4. The number of aromatic amines is 2. The number of hydrogen-bond acceptors (Lipinski definition) is 11. The summed E-state index contributed by atoms with van der Waals surface area (Å²) < 4.78 is 6.59. The Morgan fingerprint density at radius 2 is 1.05 bits per heavy atom. The summed E-state index contributed by atoms with van der Waals surface area (Å²) in [4.78, 5) is 47.0. The van der Waals surface area contributed by atoms with Crippen LogP contribution in [0.15, 0.2) is 195 Å². The minimum Gasteiger partial charge on any atom is -0.478 e. The number of carboxylic acids is 1. The van der Waals surface area contributed by atoms with Gasteiger partial charge in [-0.15, -0.1) is 0 Å². The van der Waals surface area contributed by atoms with Crippen molar-refractivity contribution < 1.29 is 24.5 Å². The summed E-state index contributed by atoms with van der Waals surface area (Å²) in [5, 5.41) is 35.8. The van der Waals surface area contributed by atoms with E-state index in [-0.39, 0.29) is 49.3 Å². The van der Waals surface area contributed by atoms with E-state index in [1.165, 1.54) is 67.6 Å². The largest absolute Gasteiger partial charge is 0.478 e. The number of H-pyrrole nitrogens is 2. The summed E-state index contributed by atoms with van der Waals surface area (Å²) in [6.07, 6.45) is 14.5. The summed E-state index contributed by atoms with van der Waals surface area (Å²) in [6, 6.07) is 48.6. The zero-order valence-corrected chi connectivity index (χ0v) is 71.2.